The Morgan fingerprint density at radius 3 is 2.61 bits per heavy atom. The largest absolute Gasteiger partial charge is 0.378 e. The predicted octanol–water partition coefficient (Wildman–Crippen LogP) is 6.41. The lowest BCUT2D eigenvalue weighted by molar-refractivity contribution is -0.135. The van der Waals surface area contributed by atoms with Gasteiger partial charge >= 0.3 is 0 Å². The molecule has 3 heterocycles. The van der Waals surface area contributed by atoms with Crippen LogP contribution in [0.3, 0.4) is 0 Å². The molecule has 5 nitrogen and oxygen atoms in total. The van der Waals surface area contributed by atoms with E-state index in [1.165, 1.54) is 17.7 Å². The number of carbonyl (C=O) groups excluding carboxylic acids is 1. The van der Waals surface area contributed by atoms with Gasteiger partial charge in [0.25, 0.3) is 6.43 Å². The fourth-order valence-electron chi connectivity index (χ4n) is 5.52. The van der Waals surface area contributed by atoms with Gasteiger partial charge in [-0.25, -0.2) is 13.2 Å². The Morgan fingerprint density at radius 2 is 1.89 bits per heavy atom. The number of piperidine rings is 1. The summed E-state index contributed by atoms with van der Waals surface area (Å²) < 4.78 is 41.3. The highest BCUT2D eigenvalue weighted by atomic mass is 19.3. The van der Waals surface area contributed by atoms with Crippen LogP contribution < -0.4 is 10.6 Å². The first-order valence-corrected chi connectivity index (χ1v) is 13.2. The number of hydrogen-bond donors (Lipinski definition) is 2. The second kappa shape index (κ2) is 11.2. The second-order valence-electron chi connectivity index (χ2n) is 10.2. The highest BCUT2D eigenvalue weighted by Crippen LogP contribution is 2.33. The maximum atomic E-state index is 14.8. The molecule has 1 aromatic heterocycles. The monoisotopic (exact) mass is 522 g/mol. The normalized spacial score (nSPS) is 17.5. The Bertz CT molecular complexity index is 1370. The van der Waals surface area contributed by atoms with Crippen LogP contribution >= 0.6 is 0 Å². The number of alkyl halides is 2. The number of carbonyl (C=O) groups is 1. The summed E-state index contributed by atoms with van der Waals surface area (Å²) >= 11 is 0. The van der Waals surface area contributed by atoms with Gasteiger partial charge in [-0.1, -0.05) is 30.3 Å². The molecule has 200 valence electrons. The molecule has 3 aromatic rings. The summed E-state index contributed by atoms with van der Waals surface area (Å²) in [4.78, 5) is 19.5. The van der Waals surface area contributed by atoms with Gasteiger partial charge in [0.1, 0.15) is 5.82 Å². The lowest BCUT2D eigenvalue weighted by atomic mass is 9.94. The summed E-state index contributed by atoms with van der Waals surface area (Å²) in [6.45, 7) is 6.74. The Kier molecular flexibility index (Phi) is 7.70. The van der Waals surface area contributed by atoms with Gasteiger partial charge in [0.05, 0.1) is 17.1 Å². The average Bonchev–Trinajstić information content (AvgIpc) is 2.93. The molecule has 0 spiro atoms. The van der Waals surface area contributed by atoms with Crippen LogP contribution in [-0.2, 0) is 4.79 Å². The van der Waals surface area contributed by atoms with Crippen LogP contribution in [0.25, 0.3) is 16.5 Å². The maximum absolute atomic E-state index is 14.8. The summed E-state index contributed by atoms with van der Waals surface area (Å²) in [6, 6.07) is 11.6. The summed E-state index contributed by atoms with van der Waals surface area (Å²) in [6.07, 6.45) is 1.82. The van der Waals surface area contributed by atoms with Gasteiger partial charge in [0.15, 0.2) is 0 Å². The van der Waals surface area contributed by atoms with Gasteiger partial charge in [0.2, 0.25) is 5.91 Å². The molecule has 1 amide bonds. The van der Waals surface area contributed by atoms with E-state index in [2.05, 4.69) is 27.8 Å². The Hall–Kier alpha value is -3.39. The van der Waals surface area contributed by atoms with Crippen LogP contribution in [0, 0.1) is 18.7 Å². The minimum absolute atomic E-state index is 0.114. The van der Waals surface area contributed by atoms with Crippen molar-refractivity contribution in [1.29, 1.82) is 0 Å². The smallest absolute Gasteiger partial charge is 0.266 e. The Labute approximate surface area is 221 Å². The molecule has 0 radical (unpaired) electrons. The number of aromatic nitrogens is 1. The van der Waals surface area contributed by atoms with E-state index in [9.17, 15) is 18.0 Å². The lowest BCUT2D eigenvalue weighted by Gasteiger charge is -2.32. The number of nitrogens with one attached hydrogen (secondary N) is 2. The third kappa shape index (κ3) is 5.41. The van der Waals surface area contributed by atoms with Gasteiger partial charge < -0.3 is 15.5 Å². The van der Waals surface area contributed by atoms with E-state index in [0.717, 1.165) is 66.3 Å². The molecule has 0 aliphatic carbocycles. The molecule has 2 aliphatic rings. The van der Waals surface area contributed by atoms with Crippen molar-refractivity contribution in [3.63, 3.8) is 0 Å². The number of nitrogens with zero attached hydrogens (tertiary/aromatic N) is 2. The number of benzene rings is 2. The van der Waals surface area contributed by atoms with Gasteiger partial charge in [-0.05, 0) is 75.5 Å². The van der Waals surface area contributed by atoms with Gasteiger partial charge in [0, 0.05) is 41.3 Å². The van der Waals surface area contributed by atoms with Crippen LogP contribution in [0.4, 0.5) is 18.9 Å². The first-order valence-electron chi connectivity index (χ1n) is 13.2. The van der Waals surface area contributed by atoms with Crippen LogP contribution in [-0.4, -0.2) is 42.0 Å². The van der Waals surface area contributed by atoms with Crippen LogP contribution in [0.2, 0.25) is 0 Å². The number of pyridine rings is 1. The van der Waals surface area contributed by atoms with Crippen molar-refractivity contribution >= 4 is 28.1 Å². The van der Waals surface area contributed by atoms with Crippen molar-refractivity contribution in [1.82, 2.24) is 15.2 Å². The fraction of sp³-hybridized carbons (Fsp3) is 0.400. The quantitative estimate of drug-likeness (QED) is 0.393. The minimum Gasteiger partial charge on any atom is -0.378 e. The van der Waals surface area contributed by atoms with E-state index in [-0.39, 0.29) is 17.4 Å². The number of anilines is 1. The average molecular weight is 523 g/mol. The van der Waals surface area contributed by atoms with E-state index < -0.39 is 23.8 Å². The summed E-state index contributed by atoms with van der Waals surface area (Å²) in [5.41, 5.74) is 4.19. The topological polar surface area (TPSA) is 57.3 Å². The van der Waals surface area contributed by atoms with Crippen LogP contribution in [0.15, 0.2) is 48.5 Å². The van der Waals surface area contributed by atoms with Crippen molar-refractivity contribution in [3.8, 4) is 0 Å². The standard InChI is InChI=1S/C30H33F3N4O/c1-18-16-27(36-19(2)23-4-3-5-24(28(23)31)29(32)33)25-17-22(6-7-26(25)35-18)20-10-14-37(15-11-20)30(38)21-8-12-34-13-9-21/h3-7,10,16-17,19,21,29,34H,8-9,11-15H2,1-2H3,(H,35,36)/t19-/m1/s1. The summed E-state index contributed by atoms with van der Waals surface area (Å²) in [7, 11) is 0. The summed E-state index contributed by atoms with van der Waals surface area (Å²) in [5, 5.41) is 7.52. The van der Waals surface area contributed by atoms with E-state index >= 15 is 0 Å². The summed E-state index contributed by atoms with van der Waals surface area (Å²) in [5.74, 6) is -0.513. The van der Waals surface area contributed by atoms with E-state index in [1.807, 2.05) is 30.0 Å². The third-order valence-corrected chi connectivity index (χ3v) is 7.65. The number of fused-ring (bicyclic) bond motifs is 1. The molecule has 1 saturated heterocycles. The number of aryl methyl sites for hydroxylation is 1. The first-order chi connectivity index (χ1) is 18.3. The number of halogens is 3. The molecule has 38 heavy (non-hydrogen) atoms. The molecule has 0 saturated carbocycles. The highest BCUT2D eigenvalue weighted by molar-refractivity contribution is 5.94. The molecular weight excluding hydrogens is 489 g/mol. The molecule has 2 aliphatic heterocycles. The molecule has 2 aromatic carbocycles. The second-order valence-corrected chi connectivity index (χ2v) is 10.2. The van der Waals surface area contributed by atoms with Gasteiger partial charge in [-0.2, -0.15) is 0 Å². The van der Waals surface area contributed by atoms with Crippen molar-refractivity contribution in [3.05, 3.63) is 76.7 Å². The van der Waals surface area contributed by atoms with Crippen molar-refractivity contribution in [2.75, 3.05) is 31.5 Å². The molecule has 1 fully saturated rings. The van der Waals surface area contributed by atoms with Crippen LogP contribution in [0.1, 0.15) is 61.0 Å². The number of hydrogen-bond acceptors (Lipinski definition) is 4. The first kappa shape index (κ1) is 26.2. The van der Waals surface area contributed by atoms with Gasteiger partial charge in [-0.15, -0.1) is 0 Å². The van der Waals surface area contributed by atoms with E-state index in [4.69, 9.17) is 0 Å². The molecule has 8 heteroatoms. The number of amides is 1. The minimum atomic E-state index is -2.87. The van der Waals surface area contributed by atoms with Crippen LogP contribution in [0.5, 0.6) is 0 Å². The molecule has 0 bridgehead atoms. The number of rotatable bonds is 6. The zero-order chi connectivity index (χ0) is 26.8. The Morgan fingerprint density at radius 1 is 1.13 bits per heavy atom. The molecule has 2 N–H and O–H groups in total. The van der Waals surface area contributed by atoms with E-state index in [0.29, 0.717) is 13.1 Å². The van der Waals surface area contributed by atoms with Gasteiger partial charge in [-0.3, -0.25) is 9.78 Å². The molecule has 0 unspecified atom stereocenters. The molecule has 1 atom stereocenters. The highest BCUT2D eigenvalue weighted by Gasteiger charge is 2.27. The molecule has 5 rings (SSSR count). The molecular formula is C30H33F3N4O. The predicted molar refractivity (Wildman–Crippen MR) is 145 cm³/mol. The zero-order valence-corrected chi connectivity index (χ0v) is 21.7. The Balaban J connectivity index is 1.39. The van der Waals surface area contributed by atoms with E-state index in [1.54, 1.807) is 6.92 Å². The fourth-order valence-corrected chi connectivity index (χ4v) is 5.52. The van der Waals surface area contributed by atoms with Crippen molar-refractivity contribution in [2.45, 2.75) is 45.6 Å². The van der Waals surface area contributed by atoms with Crippen molar-refractivity contribution in [2.24, 2.45) is 5.92 Å². The maximum Gasteiger partial charge on any atom is 0.266 e. The van der Waals surface area contributed by atoms with Crippen molar-refractivity contribution < 1.29 is 18.0 Å². The lowest BCUT2D eigenvalue weighted by Crippen LogP contribution is -2.42. The SMILES string of the molecule is Cc1cc(N[C@H](C)c2cccc(C(F)F)c2F)c2cc(C3=CCN(C(=O)C4CCNCC4)CC3)ccc2n1. The third-order valence-electron chi connectivity index (χ3n) is 7.65. The zero-order valence-electron chi connectivity index (χ0n) is 21.7.